The van der Waals surface area contributed by atoms with Gasteiger partial charge in [-0.05, 0) is 39.2 Å². The van der Waals surface area contributed by atoms with Gasteiger partial charge in [-0.1, -0.05) is 13.8 Å². The molecule has 2 rings (SSSR count). The Morgan fingerprint density at radius 3 is 2.65 bits per heavy atom. The van der Waals surface area contributed by atoms with E-state index in [4.69, 9.17) is 9.15 Å². The largest absolute Gasteiger partial charge is 0.473 e. The summed E-state index contributed by atoms with van der Waals surface area (Å²) in [6.45, 7) is 11.1. The molecule has 1 aliphatic heterocycles. The number of rotatable bonds is 3. The standard InChI is InChI=1S/C14H21NO2/c1-9(2)6-11-7-10(3)17-12(11)13-15-14(4,5)8-16-13/h7,9H,6,8H2,1-5H3. The molecule has 1 aromatic heterocycles. The average molecular weight is 235 g/mol. The van der Waals surface area contributed by atoms with Crippen LogP contribution >= 0.6 is 0 Å². The van der Waals surface area contributed by atoms with Gasteiger partial charge < -0.3 is 9.15 Å². The molecule has 0 radical (unpaired) electrons. The lowest BCUT2D eigenvalue weighted by Gasteiger charge is -2.07. The lowest BCUT2D eigenvalue weighted by atomic mass is 10.0. The fraction of sp³-hybridized carbons (Fsp3) is 0.643. The molecule has 1 aromatic rings. The van der Waals surface area contributed by atoms with Crippen LogP contribution in [0.4, 0.5) is 0 Å². The molecular formula is C14H21NO2. The van der Waals surface area contributed by atoms with Crippen molar-refractivity contribution >= 4 is 5.90 Å². The van der Waals surface area contributed by atoms with Gasteiger partial charge in [0.1, 0.15) is 12.4 Å². The molecule has 0 saturated carbocycles. The SMILES string of the molecule is Cc1cc(CC(C)C)c(C2=NC(C)(C)CO2)o1. The molecule has 3 nitrogen and oxygen atoms in total. The van der Waals surface area contributed by atoms with E-state index >= 15 is 0 Å². The van der Waals surface area contributed by atoms with E-state index in [1.807, 2.05) is 6.92 Å². The Balaban J connectivity index is 2.32. The van der Waals surface area contributed by atoms with Crippen molar-refractivity contribution in [3.63, 3.8) is 0 Å². The second-order valence-corrected chi connectivity index (χ2v) is 5.83. The Hall–Kier alpha value is -1.25. The topological polar surface area (TPSA) is 34.7 Å². The van der Waals surface area contributed by atoms with Gasteiger partial charge in [0.05, 0.1) is 5.54 Å². The van der Waals surface area contributed by atoms with Crippen molar-refractivity contribution in [2.75, 3.05) is 6.61 Å². The van der Waals surface area contributed by atoms with Gasteiger partial charge in [0.2, 0.25) is 0 Å². The van der Waals surface area contributed by atoms with Crippen molar-refractivity contribution in [1.82, 2.24) is 0 Å². The molecule has 17 heavy (non-hydrogen) atoms. The Kier molecular flexibility index (Phi) is 3.02. The van der Waals surface area contributed by atoms with Gasteiger partial charge in [-0.3, -0.25) is 0 Å². The highest BCUT2D eigenvalue weighted by atomic mass is 16.5. The monoisotopic (exact) mass is 235 g/mol. The van der Waals surface area contributed by atoms with Gasteiger partial charge in [-0.2, -0.15) is 0 Å². The average Bonchev–Trinajstić information content (AvgIpc) is 2.68. The zero-order chi connectivity index (χ0) is 12.6. The quantitative estimate of drug-likeness (QED) is 0.805. The van der Waals surface area contributed by atoms with Gasteiger partial charge in [-0.25, -0.2) is 4.99 Å². The van der Waals surface area contributed by atoms with E-state index in [2.05, 4.69) is 38.8 Å². The summed E-state index contributed by atoms with van der Waals surface area (Å²) in [5, 5.41) is 0. The van der Waals surface area contributed by atoms with E-state index in [0.717, 1.165) is 17.9 Å². The minimum atomic E-state index is -0.134. The van der Waals surface area contributed by atoms with Crippen molar-refractivity contribution in [2.45, 2.75) is 46.6 Å². The van der Waals surface area contributed by atoms with Crippen LogP contribution in [0.2, 0.25) is 0 Å². The molecule has 0 N–H and O–H groups in total. The first-order valence-electron chi connectivity index (χ1n) is 6.20. The van der Waals surface area contributed by atoms with Gasteiger partial charge >= 0.3 is 0 Å². The van der Waals surface area contributed by atoms with E-state index in [9.17, 15) is 0 Å². The summed E-state index contributed by atoms with van der Waals surface area (Å²) >= 11 is 0. The highest BCUT2D eigenvalue weighted by Crippen LogP contribution is 2.26. The number of ether oxygens (including phenoxy) is 1. The van der Waals surface area contributed by atoms with Gasteiger partial charge in [0.15, 0.2) is 5.76 Å². The van der Waals surface area contributed by atoms with Crippen molar-refractivity contribution in [3.8, 4) is 0 Å². The van der Waals surface area contributed by atoms with Crippen LogP contribution in [0, 0.1) is 12.8 Å². The smallest absolute Gasteiger partial charge is 0.254 e. The van der Waals surface area contributed by atoms with E-state index in [-0.39, 0.29) is 5.54 Å². The predicted molar refractivity (Wildman–Crippen MR) is 68.6 cm³/mol. The molecule has 0 aromatic carbocycles. The van der Waals surface area contributed by atoms with Crippen molar-refractivity contribution < 1.29 is 9.15 Å². The van der Waals surface area contributed by atoms with Crippen LogP contribution in [0.3, 0.4) is 0 Å². The first-order chi connectivity index (χ1) is 7.87. The number of hydrogen-bond acceptors (Lipinski definition) is 3. The molecule has 0 aliphatic carbocycles. The van der Waals surface area contributed by atoms with Crippen LogP contribution in [-0.2, 0) is 11.2 Å². The number of furan rings is 1. The van der Waals surface area contributed by atoms with Crippen LogP contribution in [0.5, 0.6) is 0 Å². The summed E-state index contributed by atoms with van der Waals surface area (Å²) in [6.07, 6.45) is 0.996. The summed E-state index contributed by atoms with van der Waals surface area (Å²) in [5.41, 5.74) is 1.07. The molecule has 0 unspecified atom stereocenters. The van der Waals surface area contributed by atoms with Crippen LogP contribution in [0.15, 0.2) is 15.5 Å². The second-order valence-electron chi connectivity index (χ2n) is 5.83. The zero-order valence-corrected chi connectivity index (χ0v) is 11.3. The third kappa shape index (κ3) is 2.71. The maximum atomic E-state index is 5.74. The number of nitrogens with zero attached hydrogens (tertiary/aromatic N) is 1. The Labute approximate surface area is 103 Å². The molecule has 0 bridgehead atoms. The zero-order valence-electron chi connectivity index (χ0n) is 11.3. The third-order valence-corrected chi connectivity index (χ3v) is 2.72. The lowest BCUT2D eigenvalue weighted by Crippen LogP contribution is -2.17. The predicted octanol–water partition coefficient (Wildman–Crippen LogP) is 3.34. The highest BCUT2D eigenvalue weighted by Gasteiger charge is 2.30. The van der Waals surface area contributed by atoms with Crippen molar-refractivity contribution in [1.29, 1.82) is 0 Å². The molecule has 94 valence electrons. The van der Waals surface area contributed by atoms with Crippen LogP contribution < -0.4 is 0 Å². The summed E-state index contributed by atoms with van der Waals surface area (Å²) < 4.78 is 11.4. The molecule has 0 spiro atoms. The van der Waals surface area contributed by atoms with E-state index in [1.54, 1.807) is 0 Å². The van der Waals surface area contributed by atoms with Gasteiger partial charge in [0, 0.05) is 5.56 Å². The fourth-order valence-corrected chi connectivity index (χ4v) is 2.04. The molecule has 0 fully saturated rings. The molecule has 3 heteroatoms. The summed E-state index contributed by atoms with van der Waals surface area (Å²) in [7, 11) is 0. The lowest BCUT2D eigenvalue weighted by molar-refractivity contribution is 0.274. The molecule has 0 saturated heterocycles. The molecule has 0 atom stereocenters. The first kappa shape index (κ1) is 12.2. The van der Waals surface area contributed by atoms with Crippen LogP contribution in [0.25, 0.3) is 0 Å². The third-order valence-electron chi connectivity index (χ3n) is 2.72. The van der Waals surface area contributed by atoms with E-state index in [0.29, 0.717) is 18.4 Å². The Morgan fingerprint density at radius 2 is 2.12 bits per heavy atom. The Bertz CT molecular complexity index is 441. The summed E-state index contributed by atoms with van der Waals surface area (Å²) in [5.74, 6) is 3.01. The Morgan fingerprint density at radius 1 is 1.41 bits per heavy atom. The van der Waals surface area contributed by atoms with Crippen LogP contribution in [-0.4, -0.2) is 18.0 Å². The van der Waals surface area contributed by atoms with Crippen LogP contribution in [0.1, 0.15) is 44.8 Å². The minimum Gasteiger partial charge on any atom is -0.473 e. The van der Waals surface area contributed by atoms with Gasteiger partial charge in [0.25, 0.3) is 5.90 Å². The fourth-order valence-electron chi connectivity index (χ4n) is 2.04. The van der Waals surface area contributed by atoms with Crippen molar-refractivity contribution in [3.05, 3.63) is 23.2 Å². The highest BCUT2D eigenvalue weighted by molar-refractivity contribution is 5.94. The minimum absolute atomic E-state index is 0.134. The summed E-state index contributed by atoms with van der Waals surface area (Å²) in [4.78, 5) is 4.57. The number of aryl methyl sites for hydroxylation is 1. The maximum Gasteiger partial charge on any atom is 0.254 e. The molecule has 2 heterocycles. The molecule has 0 amide bonds. The molecular weight excluding hydrogens is 214 g/mol. The normalized spacial score (nSPS) is 18.4. The maximum absolute atomic E-state index is 5.74. The van der Waals surface area contributed by atoms with Gasteiger partial charge in [-0.15, -0.1) is 0 Å². The van der Waals surface area contributed by atoms with E-state index in [1.165, 1.54) is 5.56 Å². The number of hydrogen-bond donors (Lipinski definition) is 0. The number of aliphatic imine (C=N–C) groups is 1. The summed E-state index contributed by atoms with van der Waals surface area (Å²) in [6, 6.07) is 2.09. The first-order valence-corrected chi connectivity index (χ1v) is 6.20. The van der Waals surface area contributed by atoms with Crippen molar-refractivity contribution in [2.24, 2.45) is 10.9 Å². The van der Waals surface area contributed by atoms with E-state index < -0.39 is 0 Å². The molecule has 1 aliphatic rings. The second kappa shape index (κ2) is 4.21.